The number of amides is 2. The Kier molecular flexibility index (Phi) is 7.15. The molecule has 0 spiro atoms. The number of aromatic nitrogens is 1. The summed E-state index contributed by atoms with van der Waals surface area (Å²) in [6.45, 7) is 6.87. The highest BCUT2D eigenvalue weighted by molar-refractivity contribution is 6.33. The van der Waals surface area contributed by atoms with E-state index in [0.717, 1.165) is 11.0 Å². The van der Waals surface area contributed by atoms with Crippen LogP contribution < -0.4 is 20.7 Å². The number of carbonyl (C=O) groups is 2. The molecule has 0 saturated heterocycles. The first-order valence-corrected chi connectivity index (χ1v) is 8.52. The minimum atomic E-state index is -0.164. The summed E-state index contributed by atoms with van der Waals surface area (Å²) >= 11 is 0. The smallest absolute Gasteiger partial charge is 0.251 e. The van der Waals surface area contributed by atoms with Crippen LogP contribution in [0.15, 0.2) is 60.9 Å². The fourth-order valence-corrected chi connectivity index (χ4v) is 2.33. The molecule has 26 heavy (non-hydrogen) atoms. The van der Waals surface area contributed by atoms with Crippen LogP contribution in [0.25, 0.3) is 0 Å². The standard InChI is InChI=1S/C20H22BN3O2/c1-15(2)19(25)22-10-5-11-23-20(26)16-8-12-24(13-9-16)14-17-6-3-4-7-18(17)21/h3-4,6-9,12-13H,1,5,10-11,14H2,2H3,(H-,22,23,25,26)/p+1. The Morgan fingerprint density at radius 1 is 1.08 bits per heavy atom. The van der Waals surface area contributed by atoms with E-state index in [2.05, 4.69) is 17.2 Å². The van der Waals surface area contributed by atoms with E-state index in [4.69, 9.17) is 7.85 Å². The second kappa shape index (κ2) is 9.56. The van der Waals surface area contributed by atoms with Gasteiger partial charge >= 0.3 is 0 Å². The van der Waals surface area contributed by atoms with Crippen LogP contribution in [0.3, 0.4) is 0 Å². The Hall–Kier alpha value is -2.89. The van der Waals surface area contributed by atoms with Gasteiger partial charge in [0.1, 0.15) is 7.85 Å². The van der Waals surface area contributed by atoms with Gasteiger partial charge in [0.25, 0.3) is 5.91 Å². The van der Waals surface area contributed by atoms with Crippen LogP contribution in [0.2, 0.25) is 0 Å². The summed E-state index contributed by atoms with van der Waals surface area (Å²) < 4.78 is 1.97. The number of carbonyl (C=O) groups excluding carboxylic acids is 2. The highest BCUT2D eigenvalue weighted by Crippen LogP contribution is 1.98. The summed E-state index contributed by atoms with van der Waals surface area (Å²) in [6.07, 6.45) is 4.37. The average Bonchev–Trinajstić information content (AvgIpc) is 2.63. The normalized spacial score (nSPS) is 10.2. The number of nitrogens with one attached hydrogen (secondary N) is 2. The molecule has 0 aliphatic heterocycles. The number of hydrogen-bond donors (Lipinski definition) is 2. The lowest BCUT2D eigenvalue weighted by Crippen LogP contribution is -2.36. The second-order valence-electron chi connectivity index (χ2n) is 6.10. The fraction of sp³-hybridized carbons (Fsp3) is 0.250. The summed E-state index contributed by atoms with van der Waals surface area (Å²) in [4.78, 5) is 23.5. The summed E-state index contributed by atoms with van der Waals surface area (Å²) in [5.41, 5.74) is 2.85. The Labute approximate surface area is 155 Å². The SMILES string of the molecule is [B]c1ccccc1C[n+]1ccc(C(=O)NCCCNC(=O)C(=C)C)cc1. The zero-order valence-electron chi connectivity index (χ0n) is 15.0. The molecule has 0 aliphatic rings. The molecule has 1 heterocycles. The van der Waals surface area contributed by atoms with Crippen molar-refractivity contribution in [1.82, 2.24) is 10.6 Å². The van der Waals surface area contributed by atoms with Crippen molar-refractivity contribution in [3.8, 4) is 0 Å². The summed E-state index contributed by atoms with van der Waals surface area (Å²) in [5.74, 6) is -0.300. The lowest BCUT2D eigenvalue weighted by molar-refractivity contribution is -0.688. The predicted molar refractivity (Wildman–Crippen MR) is 102 cm³/mol. The Morgan fingerprint density at radius 2 is 1.73 bits per heavy atom. The molecular weight excluding hydrogens is 325 g/mol. The Bertz CT molecular complexity index is 788. The van der Waals surface area contributed by atoms with E-state index in [0.29, 0.717) is 37.2 Å². The summed E-state index contributed by atoms with van der Waals surface area (Å²) in [7, 11) is 5.95. The Morgan fingerprint density at radius 3 is 2.38 bits per heavy atom. The van der Waals surface area contributed by atoms with Crippen molar-refractivity contribution in [2.24, 2.45) is 0 Å². The van der Waals surface area contributed by atoms with Crippen LogP contribution in [0, 0.1) is 0 Å². The van der Waals surface area contributed by atoms with Crippen LogP contribution in [0.1, 0.15) is 29.3 Å². The third-order valence-electron chi connectivity index (χ3n) is 3.87. The van der Waals surface area contributed by atoms with Gasteiger partial charge in [-0.15, -0.1) is 0 Å². The molecular formula is C20H23BN3O2+. The van der Waals surface area contributed by atoms with Crippen LogP contribution in [0.5, 0.6) is 0 Å². The molecule has 0 aliphatic carbocycles. The van der Waals surface area contributed by atoms with E-state index in [-0.39, 0.29) is 11.8 Å². The van der Waals surface area contributed by atoms with E-state index in [9.17, 15) is 9.59 Å². The molecule has 1 aromatic carbocycles. The van der Waals surface area contributed by atoms with Gasteiger partial charge in [-0.3, -0.25) is 9.59 Å². The van der Waals surface area contributed by atoms with Crippen molar-refractivity contribution in [3.63, 3.8) is 0 Å². The van der Waals surface area contributed by atoms with Crippen molar-refractivity contribution >= 4 is 25.1 Å². The third kappa shape index (κ3) is 5.88. The largest absolute Gasteiger partial charge is 0.352 e. The van der Waals surface area contributed by atoms with E-state index >= 15 is 0 Å². The van der Waals surface area contributed by atoms with E-state index < -0.39 is 0 Å². The first-order chi connectivity index (χ1) is 12.5. The number of benzene rings is 1. The lowest BCUT2D eigenvalue weighted by Gasteiger charge is -2.07. The van der Waals surface area contributed by atoms with Crippen LogP contribution in [0.4, 0.5) is 0 Å². The predicted octanol–water partition coefficient (Wildman–Crippen LogP) is 0.628. The van der Waals surface area contributed by atoms with Crippen molar-refractivity contribution in [2.45, 2.75) is 19.9 Å². The minimum Gasteiger partial charge on any atom is -0.352 e. The molecule has 0 bridgehead atoms. The van der Waals surface area contributed by atoms with E-state index in [1.165, 1.54) is 0 Å². The molecule has 2 rings (SSSR count). The third-order valence-corrected chi connectivity index (χ3v) is 3.87. The Balaban J connectivity index is 1.78. The van der Waals surface area contributed by atoms with Gasteiger partial charge in [-0.05, 0) is 13.3 Å². The average molecular weight is 348 g/mol. The maximum atomic E-state index is 12.1. The minimum absolute atomic E-state index is 0.136. The van der Waals surface area contributed by atoms with Crippen LogP contribution in [-0.4, -0.2) is 32.8 Å². The van der Waals surface area contributed by atoms with Crippen molar-refractivity contribution in [1.29, 1.82) is 0 Å². The fourth-order valence-electron chi connectivity index (χ4n) is 2.33. The van der Waals surface area contributed by atoms with Crippen molar-refractivity contribution in [3.05, 3.63) is 72.1 Å². The highest BCUT2D eigenvalue weighted by Gasteiger charge is 2.09. The van der Waals surface area contributed by atoms with E-state index in [1.807, 2.05) is 41.2 Å². The topological polar surface area (TPSA) is 62.1 Å². The molecule has 2 radical (unpaired) electrons. The second-order valence-corrected chi connectivity index (χ2v) is 6.10. The molecule has 6 heteroatoms. The van der Waals surface area contributed by atoms with Gasteiger partial charge in [0.05, 0.1) is 5.56 Å². The number of rotatable bonds is 8. The molecule has 2 N–H and O–H groups in total. The van der Waals surface area contributed by atoms with Gasteiger partial charge in [-0.25, -0.2) is 4.57 Å². The summed E-state index contributed by atoms with van der Waals surface area (Å²) in [6, 6.07) is 11.3. The van der Waals surface area contributed by atoms with E-state index in [1.54, 1.807) is 19.1 Å². The highest BCUT2D eigenvalue weighted by atomic mass is 16.2. The van der Waals surface area contributed by atoms with Gasteiger partial charge in [0, 0.05) is 36.4 Å². The molecule has 132 valence electrons. The van der Waals surface area contributed by atoms with Crippen LogP contribution >= 0.6 is 0 Å². The van der Waals surface area contributed by atoms with Gasteiger partial charge < -0.3 is 10.6 Å². The molecule has 0 fully saturated rings. The molecule has 0 unspecified atom stereocenters. The quantitative estimate of drug-likeness (QED) is 0.318. The maximum absolute atomic E-state index is 12.1. The van der Waals surface area contributed by atoms with Gasteiger partial charge in [-0.1, -0.05) is 36.3 Å². The number of pyridine rings is 1. The van der Waals surface area contributed by atoms with Gasteiger partial charge in [-0.2, -0.15) is 0 Å². The molecule has 2 aromatic rings. The molecule has 1 aromatic heterocycles. The first-order valence-electron chi connectivity index (χ1n) is 8.52. The first kappa shape index (κ1) is 19.4. The number of nitrogens with zero attached hydrogens (tertiary/aromatic N) is 1. The monoisotopic (exact) mass is 348 g/mol. The molecule has 0 saturated carbocycles. The van der Waals surface area contributed by atoms with Crippen molar-refractivity contribution in [2.75, 3.05) is 13.1 Å². The molecule has 5 nitrogen and oxygen atoms in total. The van der Waals surface area contributed by atoms with Crippen molar-refractivity contribution < 1.29 is 14.2 Å². The van der Waals surface area contributed by atoms with Gasteiger partial charge in [0.2, 0.25) is 5.91 Å². The number of hydrogen-bond acceptors (Lipinski definition) is 2. The summed E-state index contributed by atoms with van der Waals surface area (Å²) in [5, 5.41) is 5.57. The molecule has 0 atom stereocenters. The maximum Gasteiger partial charge on any atom is 0.251 e. The lowest BCUT2D eigenvalue weighted by atomic mass is 9.91. The van der Waals surface area contributed by atoms with Crippen LogP contribution in [-0.2, 0) is 11.3 Å². The zero-order valence-corrected chi connectivity index (χ0v) is 15.0. The molecule has 2 amide bonds. The zero-order chi connectivity index (χ0) is 18.9. The van der Waals surface area contributed by atoms with Gasteiger partial charge in [0.15, 0.2) is 18.9 Å².